The summed E-state index contributed by atoms with van der Waals surface area (Å²) in [5.41, 5.74) is 0. The molecule has 29 heavy (non-hydrogen) atoms. The first-order valence-electron chi connectivity index (χ1n) is 7.99. The van der Waals surface area contributed by atoms with Gasteiger partial charge in [0.1, 0.15) is 0 Å². The molecule has 0 unspecified atom stereocenters. The Labute approximate surface area is 172 Å². The number of nitrogens with one attached hydrogen (secondary N) is 1. The first-order chi connectivity index (χ1) is 13.5. The third-order valence-electron chi connectivity index (χ3n) is 3.60. The number of hydrogen-bond acceptors (Lipinski definition) is 6. The van der Waals surface area contributed by atoms with E-state index in [4.69, 9.17) is 8.32 Å². The van der Waals surface area contributed by atoms with E-state index in [1.54, 1.807) is 0 Å². The molecule has 3 aromatic carbocycles. The van der Waals surface area contributed by atoms with Crippen LogP contribution in [0, 0.1) is 5.16 Å². The zero-order chi connectivity index (χ0) is 21.5. The summed E-state index contributed by atoms with van der Waals surface area (Å²) < 4.78 is 56.3. The molecule has 0 aliphatic heterocycles. The maximum absolute atomic E-state index is 9.53. The minimum atomic E-state index is -5.76. The number of rotatable bonds is 5. The van der Waals surface area contributed by atoms with E-state index in [-0.39, 0.29) is 0 Å². The first-order valence-corrected chi connectivity index (χ1v) is 14.0. The molecule has 3 N–H and O–H groups in total. The van der Waals surface area contributed by atoms with Crippen molar-refractivity contribution >= 4 is 23.0 Å². The summed E-state index contributed by atoms with van der Waals surface area (Å²) in [5, 5.41) is 12.5. The molecule has 3 rings (SSSR count). The molecule has 0 aromatic heterocycles. The molecule has 0 aliphatic carbocycles. The van der Waals surface area contributed by atoms with Crippen molar-refractivity contribution < 1.29 is 53.6 Å². The summed E-state index contributed by atoms with van der Waals surface area (Å²) in [6, 6.07) is 30.5. The van der Waals surface area contributed by atoms with Crippen LogP contribution in [-0.2, 0) is 45.3 Å². The molecule has 154 valence electrons. The topological polar surface area (TPSA) is 142 Å². The van der Waals surface area contributed by atoms with Gasteiger partial charge >= 0.3 is 53.6 Å². The summed E-state index contributed by atoms with van der Waals surface area (Å²) in [5.74, 6) is 0. The van der Waals surface area contributed by atoms with E-state index in [2.05, 4.69) is 39.2 Å². The Morgan fingerprint density at radius 3 is 1.00 bits per heavy atom. The molecular weight excluding hydrogens is 477 g/mol. The van der Waals surface area contributed by atoms with E-state index < -0.39 is 34.3 Å². The Morgan fingerprint density at radius 1 is 0.586 bits per heavy atom. The molecule has 0 saturated heterocycles. The SMILES string of the molecule is N=P(c1ccccc1)(c1ccccc1)c1ccccc1.[O]=[Cr](=[O])([OH])[O][Cr](=[O])(=[O])[OH]. The second kappa shape index (κ2) is 9.69. The third kappa shape index (κ3) is 7.10. The third-order valence-corrected chi connectivity index (χ3v) is 9.57. The average Bonchev–Trinajstić information content (AvgIpc) is 2.67. The van der Waals surface area contributed by atoms with Crippen LogP contribution in [0.3, 0.4) is 0 Å². The van der Waals surface area contributed by atoms with Crippen molar-refractivity contribution in [1.82, 2.24) is 0 Å². The molecule has 8 nitrogen and oxygen atoms in total. The van der Waals surface area contributed by atoms with Gasteiger partial charge in [0.15, 0.2) is 0 Å². The van der Waals surface area contributed by atoms with Crippen molar-refractivity contribution in [1.29, 1.82) is 5.16 Å². The van der Waals surface area contributed by atoms with E-state index in [0.29, 0.717) is 0 Å². The van der Waals surface area contributed by atoms with Gasteiger partial charge in [-0.25, -0.2) is 0 Å². The zero-order valence-electron chi connectivity index (χ0n) is 14.9. The molecule has 0 spiro atoms. The van der Waals surface area contributed by atoms with Crippen LogP contribution in [0.2, 0.25) is 0 Å². The van der Waals surface area contributed by atoms with Gasteiger partial charge in [0.05, 0.1) is 7.05 Å². The minimum absolute atomic E-state index is 1.09. The molecular formula is C18H18Cr2NO7P. The molecule has 0 heterocycles. The van der Waals surface area contributed by atoms with Crippen molar-refractivity contribution in [2.24, 2.45) is 0 Å². The van der Waals surface area contributed by atoms with Gasteiger partial charge in [0, 0.05) is 0 Å². The molecule has 0 saturated carbocycles. The fourth-order valence-electron chi connectivity index (χ4n) is 2.51. The van der Waals surface area contributed by atoms with Crippen LogP contribution in [0.5, 0.6) is 0 Å². The van der Waals surface area contributed by atoms with Crippen molar-refractivity contribution in [2.75, 3.05) is 0 Å². The van der Waals surface area contributed by atoms with Crippen molar-refractivity contribution in [2.45, 2.75) is 0 Å². The van der Waals surface area contributed by atoms with Crippen LogP contribution in [0.25, 0.3) is 0 Å². The van der Waals surface area contributed by atoms with E-state index in [1.807, 2.05) is 54.6 Å². The van der Waals surface area contributed by atoms with E-state index >= 15 is 0 Å². The van der Waals surface area contributed by atoms with Gasteiger partial charge in [-0.1, -0.05) is 91.0 Å². The van der Waals surface area contributed by atoms with Gasteiger partial charge < -0.3 is 5.16 Å². The molecule has 0 bridgehead atoms. The van der Waals surface area contributed by atoms with Crippen LogP contribution < -0.4 is 15.9 Å². The Kier molecular flexibility index (Phi) is 7.79. The maximum atomic E-state index is 9.53. The Morgan fingerprint density at radius 2 is 0.828 bits per heavy atom. The fourth-order valence-corrected chi connectivity index (χ4v) is 7.00. The van der Waals surface area contributed by atoms with E-state index in [0.717, 1.165) is 15.9 Å². The summed E-state index contributed by atoms with van der Waals surface area (Å²) in [7, 11) is -2.28. The van der Waals surface area contributed by atoms with Gasteiger partial charge in [-0.2, -0.15) is 0 Å². The van der Waals surface area contributed by atoms with Gasteiger partial charge in [0.25, 0.3) is 0 Å². The Hall–Kier alpha value is -1.97. The van der Waals surface area contributed by atoms with Gasteiger partial charge in [0.2, 0.25) is 0 Å². The van der Waals surface area contributed by atoms with Crippen LogP contribution in [0.1, 0.15) is 0 Å². The second-order valence-corrected chi connectivity index (χ2v) is 12.3. The zero-order valence-corrected chi connectivity index (χ0v) is 18.3. The van der Waals surface area contributed by atoms with Crippen molar-refractivity contribution in [3.05, 3.63) is 91.0 Å². The summed E-state index contributed by atoms with van der Waals surface area (Å²) in [6.45, 7) is 0. The normalized spacial score (nSPS) is 11.9. The average molecular weight is 495 g/mol. The Bertz CT molecular complexity index is 1050. The monoisotopic (exact) mass is 495 g/mol. The van der Waals surface area contributed by atoms with Crippen LogP contribution in [0.4, 0.5) is 0 Å². The summed E-state index contributed by atoms with van der Waals surface area (Å²) >= 11 is -11.5. The van der Waals surface area contributed by atoms with Crippen LogP contribution >= 0.6 is 7.05 Å². The molecule has 11 heteroatoms. The molecule has 0 aliphatic rings. The Balaban J connectivity index is 0.000000284. The van der Waals surface area contributed by atoms with Gasteiger partial charge in [-0.15, -0.1) is 0 Å². The quantitative estimate of drug-likeness (QED) is 0.460. The van der Waals surface area contributed by atoms with E-state index in [9.17, 15) is 20.4 Å². The molecule has 0 radical (unpaired) electrons. The predicted molar refractivity (Wildman–Crippen MR) is 96.1 cm³/mol. The molecule has 0 fully saturated rings. The van der Waals surface area contributed by atoms with Crippen molar-refractivity contribution in [3.8, 4) is 0 Å². The van der Waals surface area contributed by atoms with E-state index in [1.165, 1.54) is 0 Å². The van der Waals surface area contributed by atoms with Crippen molar-refractivity contribution in [3.63, 3.8) is 0 Å². The molecule has 3 aromatic rings. The van der Waals surface area contributed by atoms with Gasteiger partial charge in [-0.05, 0) is 15.9 Å². The second-order valence-electron chi connectivity index (χ2n) is 5.60. The fraction of sp³-hybridized carbons (Fsp3) is 0. The standard InChI is InChI=1S/C18H16NP.2Cr.2H2O.5O/c19-20(16-10-4-1-5-11-16,17-12-6-2-7-13-17)18-14-8-3-9-15-18;;;;;;;;;/h1-15,19H;;;2*1H2;;;;;/q;2*+1;;;;;;;/p-2. The molecule has 0 amide bonds. The number of benzene rings is 3. The van der Waals surface area contributed by atoms with Crippen LogP contribution in [0.15, 0.2) is 91.0 Å². The summed E-state index contributed by atoms with van der Waals surface area (Å²) in [4.78, 5) is 0. The molecule has 0 atom stereocenters. The van der Waals surface area contributed by atoms with Gasteiger partial charge in [-0.3, -0.25) is 0 Å². The number of hydrogen-bond donors (Lipinski definition) is 3. The van der Waals surface area contributed by atoms with Crippen LogP contribution in [-0.4, -0.2) is 8.32 Å². The first kappa shape index (κ1) is 23.3. The predicted octanol–water partition coefficient (Wildman–Crippen LogP) is 2.08. The summed E-state index contributed by atoms with van der Waals surface area (Å²) in [6.07, 6.45) is 0.